The van der Waals surface area contributed by atoms with E-state index in [2.05, 4.69) is 20.7 Å². The predicted octanol–water partition coefficient (Wildman–Crippen LogP) is 3.30. The maximum absolute atomic E-state index is 13.2. The van der Waals surface area contributed by atoms with Crippen LogP contribution in [0.25, 0.3) is 0 Å². The molecule has 0 aliphatic carbocycles. The molecule has 0 fully saturated rings. The third kappa shape index (κ3) is 3.94. The average molecular weight is 394 g/mol. The highest BCUT2D eigenvalue weighted by Gasteiger charge is 2.19. The van der Waals surface area contributed by atoms with Crippen LogP contribution in [0, 0.1) is 5.82 Å². The van der Waals surface area contributed by atoms with Crippen molar-refractivity contribution >= 4 is 43.2 Å². The molecule has 0 aliphatic rings. The molecule has 0 spiro atoms. The zero-order chi connectivity index (χ0) is 15.6. The minimum absolute atomic E-state index is 0.0788. The summed E-state index contributed by atoms with van der Waals surface area (Å²) in [5, 5.41) is -0.219. The van der Waals surface area contributed by atoms with Crippen LogP contribution in [0.4, 0.5) is 10.1 Å². The number of rotatable bonds is 4. The third-order valence-corrected chi connectivity index (χ3v) is 5.06. The lowest BCUT2D eigenvalue weighted by atomic mass is 10.2. The summed E-state index contributed by atoms with van der Waals surface area (Å²) in [4.78, 5) is -0.252. The third-order valence-electron chi connectivity index (χ3n) is 2.70. The molecule has 3 N–H and O–H groups in total. The van der Waals surface area contributed by atoms with Gasteiger partial charge in [-0.2, -0.15) is 0 Å². The number of nitrogens with two attached hydrogens (primary N) is 1. The first-order valence-electron chi connectivity index (χ1n) is 5.78. The fourth-order valence-corrected chi connectivity index (χ4v) is 3.67. The average Bonchev–Trinajstić information content (AvgIpc) is 2.41. The fourth-order valence-electron chi connectivity index (χ4n) is 1.65. The molecule has 0 heterocycles. The molecule has 2 rings (SSSR count). The van der Waals surface area contributed by atoms with Crippen molar-refractivity contribution in [2.24, 2.45) is 0 Å². The summed E-state index contributed by atoms with van der Waals surface area (Å²) >= 11 is 9.07. The molecule has 0 aliphatic heterocycles. The van der Waals surface area contributed by atoms with Crippen molar-refractivity contribution in [3.05, 3.63) is 57.3 Å². The molecule has 0 amide bonds. The normalized spacial score (nSPS) is 11.6. The predicted molar refractivity (Wildman–Crippen MR) is 84.0 cm³/mol. The second-order valence-corrected chi connectivity index (χ2v) is 7.32. The Bertz CT molecular complexity index is 784. The van der Waals surface area contributed by atoms with Crippen molar-refractivity contribution < 1.29 is 12.8 Å². The number of nitrogen functional groups attached to an aromatic ring is 1. The van der Waals surface area contributed by atoms with Gasteiger partial charge in [-0.05, 0) is 29.8 Å². The molecular formula is C13H11BrClFN2O2S. The van der Waals surface area contributed by atoms with Gasteiger partial charge in [0.25, 0.3) is 0 Å². The summed E-state index contributed by atoms with van der Waals surface area (Å²) in [5.41, 5.74) is 5.87. The molecule has 2 aromatic carbocycles. The first-order chi connectivity index (χ1) is 9.79. The Labute approximate surface area is 135 Å². The van der Waals surface area contributed by atoms with Gasteiger partial charge in [0.2, 0.25) is 10.0 Å². The van der Waals surface area contributed by atoms with Crippen molar-refractivity contribution in [1.29, 1.82) is 0 Å². The van der Waals surface area contributed by atoms with Gasteiger partial charge in [-0.25, -0.2) is 17.5 Å². The van der Waals surface area contributed by atoms with Crippen molar-refractivity contribution in [2.75, 3.05) is 5.73 Å². The molecule has 4 nitrogen and oxygen atoms in total. The highest BCUT2D eigenvalue weighted by Crippen LogP contribution is 2.26. The van der Waals surface area contributed by atoms with Gasteiger partial charge in [0.05, 0.1) is 10.7 Å². The van der Waals surface area contributed by atoms with Crippen molar-refractivity contribution in [2.45, 2.75) is 11.4 Å². The number of sulfonamides is 1. The lowest BCUT2D eigenvalue weighted by Gasteiger charge is -2.10. The first kappa shape index (κ1) is 16.2. The molecule has 112 valence electrons. The summed E-state index contributed by atoms with van der Waals surface area (Å²) in [6.45, 7) is 0.0788. The van der Waals surface area contributed by atoms with E-state index in [-0.39, 0.29) is 22.2 Å². The van der Waals surface area contributed by atoms with Crippen LogP contribution in [-0.4, -0.2) is 8.42 Å². The van der Waals surface area contributed by atoms with E-state index >= 15 is 0 Å². The summed E-state index contributed by atoms with van der Waals surface area (Å²) < 4.78 is 40.8. The van der Waals surface area contributed by atoms with E-state index in [1.807, 2.05) is 6.07 Å². The monoisotopic (exact) mass is 392 g/mol. The Morgan fingerprint density at radius 2 is 2.00 bits per heavy atom. The van der Waals surface area contributed by atoms with E-state index in [0.29, 0.717) is 0 Å². The number of hydrogen-bond acceptors (Lipinski definition) is 3. The molecule has 0 saturated carbocycles. The van der Waals surface area contributed by atoms with Crippen LogP contribution in [0.1, 0.15) is 5.56 Å². The van der Waals surface area contributed by atoms with E-state index in [1.54, 1.807) is 18.2 Å². The van der Waals surface area contributed by atoms with E-state index in [9.17, 15) is 12.8 Å². The Morgan fingerprint density at radius 3 is 2.67 bits per heavy atom. The highest BCUT2D eigenvalue weighted by molar-refractivity contribution is 9.10. The van der Waals surface area contributed by atoms with E-state index in [0.717, 1.165) is 22.2 Å². The summed E-state index contributed by atoms with van der Waals surface area (Å²) in [6, 6.07) is 9.05. The van der Waals surface area contributed by atoms with Gasteiger partial charge in [0.1, 0.15) is 10.7 Å². The minimum atomic E-state index is -3.89. The first-order valence-corrected chi connectivity index (χ1v) is 8.43. The molecule has 0 saturated heterocycles. The zero-order valence-corrected chi connectivity index (χ0v) is 13.8. The smallest absolute Gasteiger partial charge is 0.242 e. The van der Waals surface area contributed by atoms with Crippen LogP contribution < -0.4 is 10.5 Å². The number of benzene rings is 2. The lowest BCUT2D eigenvalue weighted by Crippen LogP contribution is -2.23. The molecule has 0 bridgehead atoms. The van der Waals surface area contributed by atoms with E-state index in [1.165, 1.54) is 0 Å². The van der Waals surface area contributed by atoms with Crippen molar-refractivity contribution in [1.82, 2.24) is 4.72 Å². The SMILES string of the molecule is Nc1cc(S(=O)(=O)NCc2cccc(Br)c2)c(Cl)cc1F. The maximum Gasteiger partial charge on any atom is 0.242 e. The molecule has 21 heavy (non-hydrogen) atoms. The van der Waals surface area contributed by atoms with Gasteiger partial charge in [0, 0.05) is 11.0 Å². The number of hydrogen-bond donors (Lipinski definition) is 2. The molecular weight excluding hydrogens is 383 g/mol. The molecule has 0 unspecified atom stereocenters. The molecule has 0 radical (unpaired) electrons. The van der Waals surface area contributed by atoms with Crippen LogP contribution >= 0.6 is 27.5 Å². The van der Waals surface area contributed by atoms with Crippen LogP contribution in [-0.2, 0) is 16.6 Å². The number of halogens is 3. The largest absolute Gasteiger partial charge is 0.396 e. The minimum Gasteiger partial charge on any atom is -0.396 e. The van der Waals surface area contributed by atoms with Crippen LogP contribution in [0.15, 0.2) is 45.8 Å². The Morgan fingerprint density at radius 1 is 1.29 bits per heavy atom. The van der Waals surface area contributed by atoms with Gasteiger partial charge >= 0.3 is 0 Å². The Hall–Kier alpha value is -1.15. The quantitative estimate of drug-likeness (QED) is 0.783. The second-order valence-electron chi connectivity index (χ2n) is 4.26. The Kier molecular flexibility index (Phi) is 4.88. The second kappa shape index (κ2) is 6.31. The van der Waals surface area contributed by atoms with Crippen LogP contribution in [0.2, 0.25) is 5.02 Å². The van der Waals surface area contributed by atoms with Crippen molar-refractivity contribution in [3.8, 4) is 0 Å². The summed E-state index contributed by atoms with van der Waals surface area (Å²) in [6.07, 6.45) is 0. The summed E-state index contributed by atoms with van der Waals surface area (Å²) in [5.74, 6) is -0.758. The lowest BCUT2D eigenvalue weighted by molar-refractivity contribution is 0.580. The highest BCUT2D eigenvalue weighted by atomic mass is 79.9. The van der Waals surface area contributed by atoms with Gasteiger partial charge in [-0.3, -0.25) is 0 Å². The van der Waals surface area contributed by atoms with Gasteiger partial charge < -0.3 is 5.73 Å². The van der Waals surface area contributed by atoms with E-state index in [4.69, 9.17) is 17.3 Å². The topological polar surface area (TPSA) is 72.2 Å². The van der Waals surface area contributed by atoms with Crippen LogP contribution in [0.3, 0.4) is 0 Å². The fraction of sp³-hybridized carbons (Fsp3) is 0.0769. The number of anilines is 1. The molecule has 0 aromatic heterocycles. The maximum atomic E-state index is 13.2. The van der Waals surface area contributed by atoms with Crippen molar-refractivity contribution in [3.63, 3.8) is 0 Å². The van der Waals surface area contributed by atoms with Gasteiger partial charge in [-0.15, -0.1) is 0 Å². The number of nitrogens with one attached hydrogen (secondary N) is 1. The van der Waals surface area contributed by atoms with Gasteiger partial charge in [0.15, 0.2) is 0 Å². The van der Waals surface area contributed by atoms with E-state index < -0.39 is 15.8 Å². The molecule has 0 atom stereocenters. The van der Waals surface area contributed by atoms with Crippen LogP contribution in [0.5, 0.6) is 0 Å². The summed E-state index contributed by atoms with van der Waals surface area (Å²) in [7, 11) is -3.89. The molecule has 8 heteroatoms. The zero-order valence-electron chi connectivity index (χ0n) is 10.6. The standard InChI is InChI=1S/C13H11BrClFN2O2S/c14-9-3-1-2-8(4-9)7-18-21(19,20)13-6-12(17)11(16)5-10(13)15/h1-6,18H,7,17H2. The molecule has 2 aromatic rings. The van der Waals surface area contributed by atoms with Gasteiger partial charge in [-0.1, -0.05) is 39.7 Å². The Balaban J connectivity index is 2.25.